The van der Waals surface area contributed by atoms with Crippen LogP contribution in [0.15, 0.2) is 51.7 Å². The van der Waals surface area contributed by atoms with Gasteiger partial charge in [0.1, 0.15) is 27.7 Å². The number of alkyl halides is 3. The summed E-state index contributed by atoms with van der Waals surface area (Å²) in [6.07, 6.45) is 2.61. The molecule has 3 aromatic heterocycles. The molecule has 41 heavy (non-hydrogen) atoms. The van der Waals surface area contributed by atoms with Gasteiger partial charge in [0.05, 0.1) is 36.8 Å². The summed E-state index contributed by atoms with van der Waals surface area (Å²) in [5, 5.41) is 16.4. The topological polar surface area (TPSA) is 143 Å². The minimum Gasteiger partial charge on any atom is -0.450 e. The number of imidazole rings is 1. The minimum absolute atomic E-state index is 0.0332. The third-order valence-corrected chi connectivity index (χ3v) is 6.89. The van der Waals surface area contributed by atoms with E-state index >= 15 is 0 Å². The molecule has 3 aromatic rings. The smallest absolute Gasteiger partial charge is 0.417 e. The maximum Gasteiger partial charge on any atom is 0.417 e. The van der Waals surface area contributed by atoms with Crippen LogP contribution < -0.4 is 26.2 Å². The van der Waals surface area contributed by atoms with Gasteiger partial charge in [0.25, 0.3) is 5.56 Å². The fourth-order valence-corrected chi connectivity index (χ4v) is 4.68. The standard InChI is InChI=1S/C25H25ClF3N9O3/c1-31-19-10-32-16(8-33-19)17(7-30)41-18-9-34-22-21(20(18)26)37(2)24(36-22)35-15-6-13(25(27,28)29)11-38(23(15)39)14-4-3-5-40-12-14/h6-11,14,30-32H,3-5,12H2,1-2H3,(H,34,35,36)/b17-16+,30-7?. The second-order valence-electron chi connectivity index (χ2n) is 9.16. The number of ether oxygens (including phenoxy) is 2. The molecule has 16 heteroatoms. The molecule has 5 rings (SSSR count). The summed E-state index contributed by atoms with van der Waals surface area (Å²) in [6.45, 7) is 0.628. The number of anilines is 2. The number of pyridine rings is 2. The molecule has 5 heterocycles. The van der Waals surface area contributed by atoms with Gasteiger partial charge in [-0.1, -0.05) is 11.6 Å². The lowest BCUT2D eigenvalue weighted by molar-refractivity contribution is -0.138. The number of halogens is 4. The molecule has 0 bridgehead atoms. The highest BCUT2D eigenvalue weighted by atomic mass is 35.5. The number of aromatic nitrogens is 4. The van der Waals surface area contributed by atoms with Crippen molar-refractivity contribution in [2.75, 3.05) is 25.6 Å². The Balaban J connectivity index is 1.50. The van der Waals surface area contributed by atoms with E-state index in [1.54, 1.807) is 20.3 Å². The molecule has 1 saturated heterocycles. The normalized spacial score (nSPS) is 18.5. The Bertz CT molecular complexity index is 1650. The van der Waals surface area contributed by atoms with E-state index in [4.69, 9.17) is 26.5 Å². The fraction of sp³-hybridized carbons (Fsp3) is 0.320. The third kappa shape index (κ3) is 5.63. The minimum atomic E-state index is -4.69. The molecular weight excluding hydrogens is 567 g/mol. The van der Waals surface area contributed by atoms with Gasteiger partial charge in [0.15, 0.2) is 17.2 Å². The van der Waals surface area contributed by atoms with Crippen molar-refractivity contribution in [1.82, 2.24) is 29.7 Å². The molecule has 0 amide bonds. The van der Waals surface area contributed by atoms with Crippen LogP contribution in [0.3, 0.4) is 0 Å². The van der Waals surface area contributed by atoms with Crippen molar-refractivity contribution in [2.24, 2.45) is 12.0 Å². The van der Waals surface area contributed by atoms with Crippen LogP contribution in [0.25, 0.3) is 11.2 Å². The van der Waals surface area contributed by atoms with Crippen molar-refractivity contribution in [3.8, 4) is 5.75 Å². The molecule has 0 radical (unpaired) electrons. The molecule has 1 fully saturated rings. The number of allylic oxidation sites excluding steroid dienone is 2. The largest absolute Gasteiger partial charge is 0.450 e. The van der Waals surface area contributed by atoms with Crippen LogP contribution >= 0.6 is 11.6 Å². The predicted molar refractivity (Wildman–Crippen MR) is 147 cm³/mol. The Kier molecular flexibility index (Phi) is 7.73. The third-order valence-electron chi connectivity index (χ3n) is 6.52. The van der Waals surface area contributed by atoms with E-state index in [-0.39, 0.29) is 45.9 Å². The van der Waals surface area contributed by atoms with Gasteiger partial charge in [-0.25, -0.2) is 9.98 Å². The van der Waals surface area contributed by atoms with Crippen LogP contribution in [0, 0.1) is 5.41 Å². The summed E-state index contributed by atoms with van der Waals surface area (Å²) in [7, 11) is 3.27. The molecule has 2 aliphatic rings. The first-order valence-electron chi connectivity index (χ1n) is 12.4. The van der Waals surface area contributed by atoms with Crippen molar-refractivity contribution < 1.29 is 22.6 Å². The zero-order valence-corrected chi connectivity index (χ0v) is 22.6. The van der Waals surface area contributed by atoms with E-state index in [9.17, 15) is 18.0 Å². The lowest BCUT2D eigenvalue weighted by atomic mass is 10.1. The Labute approximate surface area is 236 Å². The van der Waals surface area contributed by atoms with E-state index in [0.29, 0.717) is 31.0 Å². The molecule has 0 aliphatic carbocycles. The van der Waals surface area contributed by atoms with Gasteiger partial charge in [-0.2, -0.15) is 18.2 Å². The molecule has 1 unspecified atom stereocenters. The van der Waals surface area contributed by atoms with Crippen LogP contribution in [0.4, 0.5) is 24.8 Å². The van der Waals surface area contributed by atoms with Crippen molar-refractivity contribution in [2.45, 2.75) is 25.1 Å². The Hall–Kier alpha value is -4.37. The van der Waals surface area contributed by atoms with Gasteiger partial charge in [-0.15, -0.1) is 0 Å². The first-order valence-corrected chi connectivity index (χ1v) is 12.8. The van der Waals surface area contributed by atoms with Crippen LogP contribution in [0.2, 0.25) is 5.02 Å². The average Bonchev–Trinajstić information content (AvgIpc) is 3.29. The second kappa shape index (κ2) is 11.2. The molecule has 12 nitrogen and oxygen atoms in total. The van der Waals surface area contributed by atoms with Gasteiger partial charge in [-0.05, 0) is 18.9 Å². The number of hydrogen-bond donors (Lipinski definition) is 4. The van der Waals surface area contributed by atoms with Gasteiger partial charge in [0.2, 0.25) is 5.95 Å². The highest BCUT2D eigenvalue weighted by Gasteiger charge is 2.33. The van der Waals surface area contributed by atoms with E-state index < -0.39 is 23.3 Å². The molecular formula is C25H25ClF3N9O3. The summed E-state index contributed by atoms with van der Waals surface area (Å²) in [5.74, 6) is 0.802. The number of nitrogens with zero attached hydrogens (tertiary/aromatic N) is 5. The molecule has 1 atom stereocenters. The number of hydrogen-bond acceptors (Lipinski definition) is 10. The number of aliphatic imine (C=N–C) groups is 1. The maximum absolute atomic E-state index is 13.8. The van der Waals surface area contributed by atoms with Crippen LogP contribution in [-0.4, -0.2) is 51.8 Å². The molecule has 216 valence electrons. The first-order chi connectivity index (χ1) is 19.6. The Morgan fingerprint density at radius 1 is 1.39 bits per heavy atom. The molecule has 0 saturated carbocycles. The number of nitrogens with one attached hydrogen (secondary N) is 4. The van der Waals surface area contributed by atoms with E-state index in [1.165, 1.54) is 17.0 Å². The molecule has 0 aromatic carbocycles. The summed E-state index contributed by atoms with van der Waals surface area (Å²) in [5.41, 5.74) is -1.11. The van der Waals surface area contributed by atoms with Gasteiger partial charge >= 0.3 is 6.18 Å². The van der Waals surface area contributed by atoms with Crippen molar-refractivity contribution in [1.29, 1.82) is 5.41 Å². The van der Waals surface area contributed by atoms with Crippen molar-refractivity contribution >= 4 is 46.8 Å². The quantitative estimate of drug-likeness (QED) is 0.240. The fourth-order valence-electron chi connectivity index (χ4n) is 4.38. The summed E-state index contributed by atoms with van der Waals surface area (Å²) in [6, 6.07) is 0.220. The average molecular weight is 592 g/mol. The van der Waals surface area contributed by atoms with Gasteiger partial charge in [0, 0.05) is 33.1 Å². The lowest BCUT2D eigenvalue weighted by Crippen LogP contribution is -2.32. The van der Waals surface area contributed by atoms with Crippen LogP contribution in [-0.2, 0) is 18.0 Å². The van der Waals surface area contributed by atoms with E-state index in [2.05, 4.69) is 30.9 Å². The summed E-state index contributed by atoms with van der Waals surface area (Å²) in [4.78, 5) is 26.0. The van der Waals surface area contributed by atoms with Crippen molar-refractivity contribution in [3.63, 3.8) is 0 Å². The zero-order chi connectivity index (χ0) is 29.3. The number of fused-ring (bicyclic) bond motifs is 1. The maximum atomic E-state index is 13.8. The van der Waals surface area contributed by atoms with E-state index in [1.807, 2.05) is 0 Å². The molecule has 4 N–H and O–H groups in total. The highest BCUT2D eigenvalue weighted by Crippen LogP contribution is 2.35. The summed E-state index contributed by atoms with van der Waals surface area (Å²) >= 11 is 6.64. The second-order valence-corrected chi connectivity index (χ2v) is 9.54. The molecule has 2 aliphatic heterocycles. The van der Waals surface area contributed by atoms with E-state index in [0.717, 1.165) is 23.0 Å². The Morgan fingerprint density at radius 3 is 2.83 bits per heavy atom. The summed E-state index contributed by atoms with van der Waals surface area (Å²) < 4.78 is 55.0. The van der Waals surface area contributed by atoms with Gasteiger partial charge < -0.3 is 40.0 Å². The monoisotopic (exact) mass is 591 g/mol. The Morgan fingerprint density at radius 2 is 2.20 bits per heavy atom. The van der Waals surface area contributed by atoms with Crippen LogP contribution in [0.1, 0.15) is 24.4 Å². The predicted octanol–water partition coefficient (Wildman–Crippen LogP) is 3.83. The van der Waals surface area contributed by atoms with Gasteiger partial charge in [-0.3, -0.25) is 4.79 Å². The van der Waals surface area contributed by atoms with Crippen molar-refractivity contribution in [3.05, 3.63) is 62.9 Å². The number of rotatable bonds is 7. The first kappa shape index (κ1) is 28.2. The highest BCUT2D eigenvalue weighted by molar-refractivity contribution is 6.36. The number of aryl methyl sites for hydroxylation is 1. The lowest BCUT2D eigenvalue weighted by Gasteiger charge is -2.25. The molecule has 0 spiro atoms. The zero-order valence-electron chi connectivity index (χ0n) is 21.8. The SMILES string of the molecule is CNC1=CN/C(=C(\C=N)Oc2cnc3nc(Nc4cc(C(F)(F)F)cn(C5CCCOC5)c4=O)n(C)c3c2Cl)C=N1. The van der Waals surface area contributed by atoms with Crippen LogP contribution in [0.5, 0.6) is 5.75 Å².